The van der Waals surface area contributed by atoms with E-state index in [0.29, 0.717) is 18.0 Å². The number of anilines is 1. The van der Waals surface area contributed by atoms with Crippen LogP contribution in [0.1, 0.15) is 11.3 Å². The van der Waals surface area contributed by atoms with Gasteiger partial charge in [0.15, 0.2) is 0 Å². The molecule has 20 heavy (non-hydrogen) atoms. The fourth-order valence-electron chi connectivity index (χ4n) is 1.68. The smallest absolute Gasteiger partial charge is 0.295 e. The van der Waals surface area contributed by atoms with Crippen LogP contribution in [-0.4, -0.2) is 15.5 Å². The van der Waals surface area contributed by atoms with Gasteiger partial charge in [0, 0.05) is 4.47 Å². The lowest BCUT2D eigenvalue weighted by atomic mass is 10.2. The van der Waals surface area contributed by atoms with Crippen molar-refractivity contribution in [2.75, 3.05) is 11.8 Å². The van der Waals surface area contributed by atoms with Gasteiger partial charge in [-0.2, -0.15) is 8.42 Å². The van der Waals surface area contributed by atoms with E-state index in [1.54, 1.807) is 25.2 Å². The van der Waals surface area contributed by atoms with Gasteiger partial charge >= 0.3 is 0 Å². The number of nitrogens with one attached hydrogen (secondary N) is 2. The van der Waals surface area contributed by atoms with Crippen LogP contribution in [0.3, 0.4) is 0 Å². The molecule has 0 atom stereocenters. The Morgan fingerprint density at radius 3 is 2.70 bits per heavy atom. The van der Waals surface area contributed by atoms with E-state index in [9.17, 15) is 8.42 Å². The first-order valence-corrected chi connectivity index (χ1v) is 8.23. The molecule has 0 saturated carbocycles. The largest absolute Gasteiger partial charge is 0.446 e. The molecule has 1 aromatic heterocycles. The number of benzene rings is 1. The van der Waals surface area contributed by atoms with Crippen LogP contribution in [0.15, 0.2) is 44.3 Å². The summed E-state index contributed by atoms with van der Waals surface area (Å²) in [6.45, 7) is 2.31. The molecule has 1 heterocycles. The Kier molecular flexibility index (Phi) is 4.52. The lowest BCUT2D eigenvalue weighted by molar-refractivity contribution is 0.408. The quantitative estimate of drug-likeness (QED) is 0.861. The minimum atomic E-state index is -3.72. The average Bonchev–Trinajstić information content (AvgIpc) is 2.85. The normalized spacial score (nSPS) is 11.6. The van der Waals surface area contributed by atoms with Crippen LogP contribution in [0.5, 0.6) is 0 Å². The van der Waals surface area contributed by atoms with Gasteiger partial charge in [0.25, 0.3) is 10.0 Å². The monoisotopic (exact) mass is 358 g/mol. The molecule has 0 amide bonds. The summed E-state index contributed by atoms with van der Waals surface area (Å²) in [6, 6.07) is 8.41. The van der Waals surface area contributed by atoms with E-state index in [0.717, 1.165) is 10.0 Å². The molecule has 0 aliphatic rings. The molecular formula is C13H15BrN2O3S. The molecule has 5 nitrogen and oxygen atoms in total. The van der Waals surface area contributed by atoms with Crippen molar-refractivity contribution in [3.05, 3.63) is 46.1 Å². The first kappa shape index (κ1) is 15.1. The van der Waals surface area contributed by atoms with Gasteiger partial charge in [0.2, 0.25) is 5.09 Å². The zero-order valence-electron chi connectivity index (χ0n) is 11.1. The Hall–Kier alpha value is -1.31. The molecule has 0 aliphatic carbocycles. The summed E-state index contributed by atoms with van der Waals surface area (Å²) in [6.07, 6.45) is 0. The minimum absolute atomic E-state index is 0.0953. The Balaban J connectivity index is 2.28. The lowest BCUT2D eigenvalue weighted by Crippen LogP contribution is -2.13. The van der Waals surface area contributed by atoms with Crippen LogP contribution >= 0.6 is 15.9 Å². The Bertz CT molecular complexity index is 710. The van der Waals surface area contributed by atoms with E-state index >= 15 is 0 Å². The van der Waals surface area contributed by atoms with Gasteiger partial charge in [0.1, 0.15) is 5.76 Å². The topological polar surface area (TPSA) is 71.3 Å². The van der Waals surface area contributed by atoms with Crippen molar-refractivity contribution < 1.29 is 12.8 Å². The number of hydrogen-bond acceptors (Lipinski definition) is 4. The summed E-state index contributed by atoms with van der Waals surface area (Å²) in [4.78, 5) is 0. The van der Waals surface area contributed by atoms with Crippen LogP contribution in [-0.2, 0) is 16.6 Å². The number of halogens is 1. The van der Waals surface area contributed by atoms with E-state index in [4.69, 9.17) is 4.42 Å². The second-order valence-corrected chi connectivity index (χ2v) is 6.74. The molecular weight excluding hydrogens is 344 g/mol. The third kappa shape index (κ3) is 3.23. The first-order chi connectivity index (χ1) is 9.44. The summed E-state index contributed by atoms with van der Waals surface area (Å²) in [5.41, 5.74) is 1.34. The highest BCUT2D eigenvalue weighted by Crippen LogP contribution is 2.26. The van der Waals surface area contributed by atoms with E-state index in [2.05, 4.69) is 26.0 Å². The van der Waals surface area contributed by atoms with Gasteiger partial charge in [-0.25, -0.2) is 0 Å². The second kappa shape index (κ2) is 5.99. The van der Waals surface area contributed by atoms with Crippen LogP contribution in [0.4, 0.5) is 5.69 Å². The highest BCUT2D eigenvalue weighted by atomic mass is 79.9. The molecule has 0 unspecified atom stereocenters. The summed E-state index contributed by atoms with van der Waals surface area (Å²) in [5, 5.41) is 2.80. The van der Waals surface area contributed by atoms with Gasteiger partial charge in [-0.15, -0.1) is 0 Å². The Morgan fingerprint density at radius 1 is 1.25 bits per heavy atom. The van der Waals surface area contributed by atoms with Crippen molar-refractivity contribution in [3.63, 3.8) is 0 Å². The zero-order valence-corrected chi connectivity index (χ0v) is 13.5. The molecule has 0 aliphatic heterocycles. The second-order valence-electron chi connectivity index (χ2n) is 4.27. The highest BCUT2D eigenvalue weighted by Gasteiger charge is 2.20. The predicted molar refractivity (Wildman–Crippen MR) is 81.2 cm³/mol. The maximum atomic E-state index is 12.2. The van der Waals surface area contributed by atoms with Gasteiger partial charge in [-0.3, -0.25) is 4.72 Å². The van der Waals surface area contributed by atoms with E-state index < -0.39 is 10.0 Å². The number of hydrogen-bond donors (Lipinski definition) is 2. The van der Waals surface area contributed by atoms with Crippen molar-refractivity contribution in [3.8, 4) is 0 Å². The third-order valence-corrected chi connectivity index (χ3v) is 4.86. The van der Waals surface area contributed by atoms with Crippen molar-refractivity contribution in [1.82, 2.24) is 5.32 Å². The van der Waals surface area contributed by atoms with Gasteiger partial charge < -0.3 is 9.73 Å². The van der Waals surface area contributed by atoms with E-state index in [1.807, 2.05) is 13.0 Å². The standard InChI is InChI=1S/C13H15BrN2O3S/c1-9-11(14)4-3-5-12(9)16-20(17,18)13-7-6-10(19-13)8-15-2/h3-7,15-16H,8H2,1-2H3. The summed E-state index contributed by atoms with van der Waals surface area (Å²) >= 11 is 3.37. The average molecular weight is 359 g/mol. The number of sulfonamides is 1. The molecule has 0 radical (unpaired) electrons. The van der Waals surface area contributed by atoms with Crippen molar-refractivity contribution >= 4 is 31.6 Å². The van der Waals surface area contributed by atoms with Crippen molar-refractivity contribution in [2.24, 2.45) is 0 Å². The van der Waals surface area contributed by atoms with Crippen LogP contribution in [0, 0.1) is 6.92 Å². The van der Waals surface area contributed by atoms with Gasteiger partial charge in [-0.1, -0.05) is 22.0 Å². The van der Waals surface area contributed by atoms with Gasteiger partial charge in [0.05, 0.1) is 12.2 Å². The molecule has 1 aromatic carbocycles. The molecule has 108 valence electrons. The maximum Gasteiger partial charge on any atom is 0.295 e. The summed E-state index contributed by atoms with van der Waals surface area (Å²) in [7, 11) is -1.95. The molecule has 0 fully saturated rings. The molecule has 7 heteroatoms. The van der Waals surface area contributed by atoms with Crippen molar-refractivity contribution in [1.29, 1.82) is 0 Å². The summed E-state index contributed by atoms with van der Waals surface area (Å²) < 4.78 is 33.2. The summed E-state index contributed by atoms with van der Waals surface area (Å²) in [5.74, 6) is 0.568. The third-order valence-electron chi connectivity index (χ3n) is 2.76. The maximum absolute atomic E-state index is 12.2. The highest BCUT2D eigenvalue weighted by molar-refractivity contribution is 9.10. The molecule has 2 aromatic rings. The van der Waals surface area contributed by atoms with Crippen molar-refractivity contribution in [2.45, 2.75) is 18.6 Å². The SMILES string of the molecule is CNCc1ccc(S(=O)(=O)Nc2cccc(Br)c2C)o1. The van der Waals surface area contributed by atoms with E-state index in [1.165, 1.54) is 6.07 Å². The van der Waals surface area contributed by atoms with Crippen LogP contribution in [0.25, 0.3) is 0 Å². The predicted octanol–water partition coefficient (Wildman–Crippen LogP) is 2.87. The fraction of sp³-hybridized carbons (Fsp3) is 0.231. The zero-order chi connectivity index (χ0) is 14.8. The lowest BCUT2D eigenvalue weighted by Gasteiger charge is -2.09. The number of furan rings is 1. The molecule has 0 bridgehead atoms. The molecule has 2 N–H and O–H groups in total. The number of rotatable bonds is 5. The van der Waals surface area contributed by atoms with Crippen LogP contribution < -0.4 is 10.0 Å². The Morgan fingerprint density at radius 2 is 2.00 bits per heavy atom. The first-order valence-electron chi connectivity index (χ1n) is 5.95. The molecule has 2 rings (SSSR count). The fourth-order valence-corrected chi connectivity index (χ4v) is 3.13. The molecule has 0 saturated heterocycles. The minimum Gasteiger partial charge on any atom is -0.446 e. The van der Waals surface area contributed by atoms with Gasteiger partial charge in [-0.05, 0) is 43.8 Å². The Labute approximate surface area is 126 Å². The van der Waals surface area contributed by atoms with E-state index in [-0.39, 0.29) is 5.09 Å². The van der Waals surface area contributed by atoms with Crippen LogP contribution in [0.2, 0.25) is 0 Å². The molecule has 0 spiro atoms.